The molecular weight excluding hydrogens is 478 g/mol. The maximum atomic E-state index is 12.8. The Balaban J connectivity index is 1.71. The average Bonchev–Trinajstić information content (AvgIpc) is 3.40. The third-order valence-electron chi connectivity index (χ3n) is 5.85. The Morgan fingerprint density at radius 3 is 2.87 bits per heavy atom. The summed E-state index contributed by atoms with van der Waals surface area (Å²) in [5, 5.41) is 20.0. The number of carbonyl (C=O) groups excluding carboxylic acids is 1. The first kappa shape index (κ1) is 26.7. The first-order valence-corrected chi connectivity index (χ1v) is 12.4. The smallest absolute Gasteiger partial charge is 0.248 e. The topological polar surface area (TPSA) is 108 Å². The van der Waals surface area contributed by atoms with Gasteiger partial charge in [0.2, 0.25) is 5.91 Å². The molecule has 1 aliphatic heterocycles. The minimum Gasteiger partial charge on any atom is -0.486 e. The fourth-order valence-corrected chi connectivity index (χ4v) is 3.96. The number of anilines is 3. The van der Waals surface area contributed by atoms with Crippen LogP contribution in [0.2, 0.25) is 0 Å². The van der Waals surface area contributed by atoms with Gasteiger partial charge in [-0.1, -0.05) is 18.1 Å². The number of hydrogen-bond acceptors (Lipinski definition) is 7. The standard InChI is InChI=1S/C30H31N5O3/c1-5-20-8-6-9-22(14-20)34-29-21(17-31)18-32-25-16-27(38-23-11-13-37-19-23)26(15-24(25)29)35-28(36)10-7-12-33-30(2,3)4/h1,6-10,14-16,18,23,33H,11-13,19H2,2-4H3,(H,32,34)(H,35,36)/t23-/m0/s1. The number of fused-ring (bicyclic) bond motifs is 1. The second kappa shape index (κ2) is 11.8. The number of pyridine rings is 1. The Kier molecular flexibility index (Phi) is 8.28. The van der Waals surface area contributed by atoms with Crippen molar-refractivity contribution < 1.29 is 14.3 Å². The zero-order valence-electron chi connectivity index (χ0n) is 21.8. The molecule has 0 aliphatic carbocycles. The molecule has 8 nitrogen and oxygen atoms in total. The van der Waals surface area contributed by atoms with Crippen LogP contribution in [0.3, 0.4) is 0 Å². The lowest BCUT2D eigenvalue weighted by molar-refractivity contribution is -0.111. The second-order valence-corrected chi connectivity index (χ2v) is 10.0. The number of benzene rings is 2. The van der Waals surface area contributed by atoms with Crippen molar-refractivity contribution in [3.8, 4) is 24.2 Å². The highest BCUT2D eigenvalue weighted by molar-refractivity contribution is 6.04. The maximum absolute atomic E-state index is 12.8. The molecule has 1 aliphatic rings. The molecule has 3 N–H and O–H groups in total. The van der Waals surface area contributed by atoms with Crippen molar-refractivity contribution in [1.29, 1.82) is 5.26 Å². The molecule has 2 aromatic carbocycles. The van der Waals surface area contributed by atoms with E-state index < -0.39 is 0 Å². The van der Waals surface area contributed by atoms with Gasteiger partial charge in [0, 0.05) is 53.5 Å². The van der Waals surface area contributed by atoms with Crippen molar-refractivity contribution in [2.24, 2.45) is 0 Å². The predicted molar refractivity (Wildman–Crippen MR) is 149 cm³/mol. The lowest BCUT2D eigenvalue weighted by Crippen LogP contribution is -2.35. The largest absolute Gasteiger partial charge is 0.486 e. The fourth-order valence-electron chi connectivity index (χ4n) is 3.96. The van der Waals surface area contributed by atoms with Gasteiger partial charge in [-0.05, 0) is 45.0 Å². The number of terminal acetylenes is 1. The zero-order valence-corrected chi connectivity index (χ0v) is 21.8. The highest BCUT2D eigenvalue weighted by Crippen LogP contribution is 2.37. The van der Waals surface area contributed by atoms with Crippen LogP contribution in [0.5, 0.6) is 5.75 Å². The van der Waals surface area contributed by atoms with Crippen LogP contribution in [0.1, 0.15) is 38.3 Å². The molecule has 3 aromatic rings. The SMILES string of the molecule is C#Cc1cccc(Nc2c(C#N)cnc3cc(O[C@H]4CCOC4)c(NC(=O)C=CCNC(C)(C)C)cc23)c1. The van der Waals surface area contributed by atoms with E-state index in [1.54, 1.807) is 18.2 Å². The van der Waals surface area contributed by atoms with Crippen molar-refractivity contribution in [1.82, 2.24) is 10.3 Å². The summed E-state index contributed by atoms with van der Waals surface area (Å²) >= 11 is 0. The van der Waals surface area contributed by atoms with Crippen LogP contribution in [0.25, 0.3) is 10.9 Å². The number of aromatic nitrogens is 1. The molecule has 38 heavy (non-hydrogen) atoms. The summed E-state index contributed by atoms with van der Waals surface area (Å²) in [5.74, 6) is 2.81. The quantitative estimate of drug-likeness (QED) is 0.293. The van der Waals surface area contributed by atoms with Crippen LogP contribution < -0.4 is 20.7 Å². The van der Waals surface area contributed by atoms with Gasteiger partial charge < -0.3 is 25.4 Å². The van der Waals surface area contributed by atoms with E-state index >= 15 is 0 Å². The maximum Gasteiger partial charge on any atom is 0.248 e. The first-order valence-electron chi connectivity index (χ1n) is 12.4. The molecule has 1 amide bonds. The van der Waals surface area contributed by atoms with E-state index in [4.69, 9.17) is 15.9 Å². The number of nitrogens with one attached hydrogen (secondary N) is 3. The van der Waals surface area contributed by atoms with E-state index in [9.17, 15) is 10.1 Å². The summed E-state index contributed by atoms with van der Waals surface area (Å²) in [5.41, 5.74) is 3.37. The van der Waals surface area contributed by atoms with Crippen molar-refractivity contribution in [3.63, 3.8) is 0 Å². The number of rotatable bonds is 8. The molecule has 0 saturated carbocycles. The van der Waals surface area contributed by atoms with Crippen LogP contribution in [0.15, 0.2) is 54.7 Å². The monoisotopic (exact) mass is 509 g/mol. The Hall–Kier alpha value is -4.37. The second-order valence-electron chi connectivity index (χ2n) is 10.0. The van der Waals surface area contributed by atoms with E-state index in [0.29, 0.717) is 58.9 Å². The predicted octanol–water partition coefficient (Wildman–Crippen LogP) is 4.88. The van der Waals surface area contributed by atoms with E-state index in [1.807, 2.05) is 24.3 Å². The molecule has 1 atom stereocenters. The minimum absolute atomic E-state index is 0.0574. The van der Waals surface area contributed by atoms with Crippen molar-refractivity contribution >= 4 is 33.9 Å². The van der Waals surface area contributed by atoms with Gasteiger partial charge in [-0.15, -0.1) is 6.42 Å². The molecular formula is C30H31N5O3. The Morgan fingerprint density at radius 2 is 2.16 bits per heavy atom. The lowest BCUT2D eigenvalue weighted by atomic mass is 10.1. The molecule has 0 unspecified atom stereocenters. The van der Waals surface area contributed by atoms with Crippen molar-refractivity contribution in [2.75, 3.05) is 30.4 Å². The third kappa shape index (κ3) is 6.89. The fraction of sp³-hybridized carbons (Fsp3) is 0.300. The van der Waals surface area contributed by atoms with Gasteiger partial charge in [0.1, 0.15) is 17.9 Å². The highest BCUT2D eigenvalue weighted by atomic mass is 16.5. The summed E-state index contributed by atoms with van der Waals surface area (Å²) in [6, 6.07) is 13.1. The van der Waals surface area contributed by atoms with Gasteiger partial charge in [-0.25, -0.2) is 0 Å². The number of hydrogen-bond donors (Lipinski definition) is 3. The van der Waals surface area contributed by atoms with E-state index in [1.165, 1.54) is 12.3 Å². The number of carbonyl (C=O) groups is 1. The summed E-state index contributed by atoms with van der Waals surface area (Å²) < 4.78 is 11.7. The Bertz CT molecular complexity index is 1440. The molecule has 1 saturated heterocycles. The average molecular weight is 510 g/mol. The third-order valence-corrected chi connectivity index (χ3v) is 5.85. The lowest BCUT2D eigenvalue weighted by Gasteiger charge is -2.19. The zero-order chi connectivity index (χ0) is 27.1. The van der Waals surface area contributed by atoms with Crippen LogP contribution in [-0.4, -0.2) is 42.3 Å². The Morgan fingerprint density at radius 1 is 1.32 bits per heavy atom. The van der Waals surface area contributed by atoms with Gasteiger partial charge in [0.05, 0.1) is 35.7 Å². The van der Waals surface area contributed by atoms with E-state index in [-0.39, 0.29) is 17.6 Å². The van der Waals surface area contributed by atoms with Crippen LogP contribution in [0, 0.1) is 23.7 Å². The molecule has 0 spiro atoms. The minimum atomic E-state index is -0.298. The summed E-state index contributed by atoms with van der Waals surface area (Å²) in [6.07, 6.45) is 11.0. The molecule has 1 aromatic heterocycles. The van der Waals surface area contributed by atoms with Crippen molar-refractivity contribution in [3.05, 3.63) is 65.9 Å². The van der Waals surface area contributed by atoms with Gasteiger partial charge in [0.15, 0.2) is 0 Å². The summed E-state index contributed by atoms with van der Waals surface area (Å²) in [7, 11) is 0. The summed E-state index contributed by atoms with van der Waals surface area (Å²) in [4.78, 5) is 17.3. The number of nitrogens with zero attached hydrogens (tertiary/aromatic N) is 2. The molecule has 8 heteroatoms. The number of amides is 1. The van der Waals surface area contributed by atoms with E-state index in [2.05, 4.69) is 53.7 Å². The number of nitriles is 1. The summed E-state index contributed by atoms with van der Waals surface area (Å²) in [6.45, 7) is 7.83. The van der Waals surface area contributed by atoms with Gasteiger partial charge in [-0.3, -0.25) is 9.78 Å². The first-order chi connectivity index (χ1) is 18.3. The number of ether oxygens (including phenoxy) is 2. The van der Waals surface area contributed by atoms with E-state index in [0.717, 1.165) is 12.1 Å². The highest BCUT2D eigenvalue weighted by Gasteiger charge is 2.21. The van der Waals surface area contributed by atoms with Crippen LogP contribution in [0.4, 0.5) is 17.1 Å². The molecule has 1 fully saturated rings. The Labute approximate surface area is 223 Å². The molecule has 194 valence electrons. The van der Waals surface area contributed by atoms with Crippen LogP contribution >= 0.6 is 0 Å². The molecule has 2 heterocycles. The molecule has 0 radical (unpaired) electrons. The molecule has 4 rings (SSSR count). The van der Waals surface area contributed by atoms with Crippen LogP contribution in [-0.2, 0) is 9.53 Å². The van der Waals surface area contributed by atoms with Gasteiger partial charge in [0.25, 0.3) is 0 Å². The normalized spacial score (nSPS) is 15.2. The molecule has 0 bridgehead atoms. The van der Waals surface area contributed by atoms with Gasteiger partial charge in [-0.2, -0.15) is 5.26 Å². The van der Waals surface area contributed by atoms with Crippen molar-refractivity contribution in [2.45, 2.75) is 38.8 Å². The van der Waals surface area contributed by atoms with Gasteiger partial charge >= 0.3 is 0 Å².